The molecule has 0 saturated carbocycles. The van der Waals surface area contributed by atoms with Crippen molar-refractivity contribution in [1.82, 2.24) is 10.2 Å². The smallest absolute Gasteiger partial charge is 0.122 e. The standard InChI is InChI=1S/C16H27N3O/c1-12(2)18-7-9-19(10-8-18)14-5-6-15(13(3)17-4)16(20)11-14/h5-6,11-13,17,20H,7-10H2,1-4H3. The van der Waals surface area contributed by atoms with Gasteiger partial charge in [-0.2, -0.15) is 0 Å². The Morgan fingerprint density at radius 3 is 2.25 bits per heavy atom. The summed E-state index contributed by atoms with van der Waals surface area (Å²) in [5.74, 6) is 0.385. The van der Waals surface area contributed by atoms with Crippen LogP contribution >= 0.6 is 0 Å². The van der Waals surface area contributed by atoms with Gasteiger partial charge in [-0.15, -0.1) is 0 Å². The van der Waals surface area contributed by atoms with Gasteiger partial charge in [-0.25, -0.2) is 0 Å². The number of benzene rings is 1. The molecule has 0 amide bonds. The predicted molar refractivity (Wildman–Crippen MR) is 84.5 cm³/mol. The fraction of sp³-hybridized carbons (Fsp3) is 0.625. The first-order valence-corrected chi connectivity index (χ1v) is 7.52. The molecule has 1 aromatic rings. The van der Waals surface area contributed by atoms with Crippen molar-refractivity contribution in [3.05, 3.63) is 23.8 Å². The molecule has 2 N–H and O–H groups in total. The lowest BCUT2D eigenvalue weighted by atomic mass is 10.1. The van der Waals surface area contributed by atoms with Gasteiger partial charge >= 0.3 is 0 Å². The molecule has 0 aliphatic carbocycles. The van der Waals surface area contributed by atoms with Gasteiger partial charge in [0.25, 0.3) is 0 Å². The second-order valence-electron chi connectivity index (χ2n) is 5.87. The quantitative estimate of drug-likeness (QED) is 0.885. The molecule has 4 heteroatoms. The number of aromatic hydroxyl groups is 1. The van der Waals surface area contributed by atoms with Gasteiger partial charge in [0.2, 0.25) is 0 Å². The van der Waals surface area contributed by atoms with Crippen LogP contribution in [0.5, 0.6) is 5.75 Å². The van der Waals surface area contributed by atoms with Gasteiger partial charge in [0, 0.05) is 55.6 Å². The lowest BCUT2D eigenvalue weighted by Crippen LogP contribution is -2.48. The molecule has 1 fully saturated rings. The second kappa shape index (κ2) is 6.46. The maximum absolute atomic E-state index is 10.2. The summed E-state index contributed by atoms with van der Waals surface area (Å²) in [4.78, 5) is 4.85. The Hall–Kier alpha value is -1.26. The third-order valence-electron chi connectivity index (χ3n) is 4.32. The van der Waals surface area contributed by atoms with Crippen molar-refractivity contribution >= 4 is 5.69 Å². The van der Waals surface area contributed by atoms with Crippen molar-refractivity contribution in [1.29, 1.82) is 0 Å². The Morgan fingerprint density at radius 2 is 1.75 bits per heavy atom. The van der Waals surface area contributed by atoms with Crippen LogP contribution in [0.1, 0.15) is 32.4 Å². The number of phenols is 1. The molecule has 0 bridgehead atoms. The minimum atomic E-state index is 0.168. The Labute approximate surface area is 122 Å². The number of piperazine rings is 1. The van der Waals surface area contributed by atoms with Gasteiger partial charge in [0.05, 0.1) is 0 Å². The second-order valence-corrected chi connectivity index (χ2v) is 5.87. The topological polar surface area (TPSA) is 38.7 Å². The van der Waals surface area contributed by atoms with Crippen LogP contribution in [0.15, 0.2) is 18.2 Å². The van der Waals surface area contributed by atoms with Crippen LogP contribution in [0.2, 0.25) is 0 Å². The van der Waals surface area contributed by atoms with Gasteiger partial charge in [0.1, 0.15) is 5.75 Å². The maximum atomic E-state index is 10.2. The Balaban J connectivity index is 2.06. The highest BCUT2D eigenvalue weighted by Gasteiger charge is 2.20. The summed E-state index contributed by atoms with van der Waals surface area (Å²) in [6.07, 6.45) is 0. The van der Waals surface area contributed by atoms with Crippen molar-refractivity contribution in [2.24, 2.45) is 0 Å². The molecule has 1 heterocycles. The highest BCUT2D eigenvalue weighted by atomic mass is 16.3. The monoisotopic (exact) mass is 277 g/mol. The van der Waals surface area contributed by atoms with E-state index >= 15 is 0 Å². The minimum Gasteiger partial charge on any atom is -0.508 e. The fourth-order valence-electron chi connectivity index (χ4n) is 2.75. The molecule has 4 nitrogen and oxygen atoms in total. The van der Waals surface area contributed by atoms with Crippen molar-refractivity contribution in [3.63, 3.8) is 0 Å². The summed E-state index contributed by atoms with van der Waals surface area (Å²) < 4.78 is 0. The summed E-state index contributed by atoms with van der Waals surface area (Å²) in [5.41, 5.74) is 2.08. The van der Waals surface area contributed by atoms with Crippen LogP contribution in [-0.2, 0) is 0 Å². The first-order valence-electron chi connectivity index (χ1n) is 7.52. The van der Waals surface area contributed by atoms with E-state index in [0.29, 0.717) is 11.8 Å². The van der Waals surface area contributed by atoms with E-state index in [-0.39, 0.29) is 6.04 Å². The zero-order chi connectivity index (χ0) is 14.7. The summed E-state index contributed by atoms with van der Waals surface area (Å²) in [7, 11) is 1.91. The largest absolute Gasteiger partial charge is 0.508 e. The molecular weight excluding hydrogens is 250 g/mol. The number of anilines is 1. The molecule has 0 aromatic heterocycles. The average molecular weight is 277 g/mol. The van der Waals surface area contributed by atoms with E-state index in [0.717, 1.165) is 37.4 Å². The van der Waals surface area contributed by atoms with E-state index in [1.807, 2.05) is 19.2 Å². The lowest BCUT2D eigenvalue weighted by Gasteiger charge is -2.38. The van der Waals surface area contributed by atoms with Crippen molar-refractivity contribution < 1.29 is 5.11 Å². The molecule has 0 radical (unpaired) electrons. The molecule has 1 aromatic carbocycles. The van der Waals surface area contributed by atoms with Crippen LogP contribution in [-0.4, -0.2) is 49.3 Å². The number of rotatable bonds is 4. The highest BCUT2D eigenvalue weighted by molar-refractivity contribution is 5.54. The van der Waals surface area contributed by atoms with Crippen molar-refractivity contribution in [3.8, 4) is 5.75 Å². The molecule has 1 saturated heterocycles. The third kappa shape index (κ3) is 3.25. The van der Waals surface area contributed by atoms with E-state index in [2.05, 4.69) is 42.0 Å². The average Bonchev–Trinajstić information content (AvgIpc) is 2.46. The van der Waals surface area contributed by atoms with Gasteiger partial charge < -0.3 is 15.3 Å². The number of hydrogen-bond donors (Lipinski definition) is 2. The fourth-order valence-corrected chi connectivity index (χ4v) is 2.75. The number of nitrogens with zero attached hydrogens (tertiary/aromatic N) is 2. The number of hydrogen-bond acceptors (Lipinski definition) is 4. The normalized spacial score (nSPS) is 18.6. The Kier molecular flexibility index (Phi) is 4.89. The molecule has 2 rings (SSSR count). The van der Waals surface area contributed by atoms with E-state index in [1.54, 1.807) is 0 Å². The highest BCUT2D eigenvalue weighted by Crippen LogP contribution is 2.29. The summed E-state index contributed by atoms with van der Waals surface area (Å²) in [5, 5.41) is 13.3. The zero-order valence-corrected chi connectivity index (χ0v) is 13.1. The molecule has 112 valence electrons. The predicted octanol–water partition coefficient (Wildman–Crippen LogP) is 2.20. The van der Waals surface area contributed by atoms with Crippen molar-refractivity contribution in [2.45, 2.75) is 32.9 Å². The van der Waals surface area contributed by atoms with Gasteiger partial charge in [-0.3, -0.25) is 4.90 Å². The van der Waals surface area contributed by atoms with E-state index in [9.17, 15) is 5.11 Å². The Morgan fingerprint density at radius 1 is 1.10 bits per heavy atom. The van der Waals surface area contributed by atoms with E-state index in [4.69, 9.17) is 0 Å². The van der Waals surface area contributed by atoms with Crippen LogP contribution in [0.25, 0.3) is 0 Å². The number of phenolic OH excluding ortho intramolecular Hbond substituents is 1. The van der Waals surface area contributed by atoms with E-state index in [1.165, 1.54) is 0 Å². The van der Waals surface area contributed by atoms with Gasteiger partial charge in [-0.05, 0) is 33.9 Å². The summed E-state index contributed by atoms with van der Waals surface area (Å²) in [6.45, 7) is 10.8. The molecule has 1 unspecified atom stereocenters. The van der Waals surface area contributed by atoms with Crippen LogP contribution in [0, 0.1) is 0 Å². The summed E-state index contributed by atoms with van der Waals surface area (Å²) in [6, 6.07) is 6.83. The number of nitrogens with one attached hydrogen (secondary N) is 1. The molecule has 0 spiro atoms. The molecule has 1 aliphatic heterocycles. The van der Waals surface area contributed by atoms with Crippen molar-refractivity contribution in [2.75, 3.05) is 38.1 Å². The summed E-state index contributed by atoms with van der Waals surface area (Å²) >= 11 is 0. The first-order chi connectivity index (χ1) is 9.52. The molecule has 1 atom stereocenters. The first kappa shape index (κ1) is 15.1. The van der Waals surface area contributed by atoms with Crippen LogP contribution < -0.4 is 10.2 Å². The lowest BCUT2D eigenvalue weighted by molar-refractivity contribution is 0.209. The maximum Gasteiger partial charge on any atom is 0.122 e. The Bertz CT molecular complexity index is 439. The van der Waals surface area contributed by atoms with Crippen LogP contribution in [0.3, 0.4) is 0 Å². The minimum absolute atomic E-state index is 0.168. The third-order valence-corrected chi connectivity index (χ3v) is 4.32. The zero-order valence-electron chi connectivity index (χ0n) is 13.1. The van der Waals surface area contributed by atoms with Gasteiger partial charge in [0.15, 0.2) is 0 Å². The van der Waals surface area contributed by atoms with Crippen LogP contribution in [0.4, 0.5) is 5.69 Å². The molecule has 20 heavy (non-hydrogen) atoms. The van der Waals surface area contributed by atoms with E-state index < -0.39 is 0 Å². The molecule has 1 aliphatic rings. The van der Waals surface area contributed by atoms with Gasteiger partial charge in [-0.1, -0.05) is 6.07 Å². The SMILES string of the molecule is CNC(C)c1ccc(N2CCN(C(C)C)CC2)cc1O. The molecular formula is C16H27N3O.